The Morgan fingerprint density at radius 1 is 1.05 bits per heavy atom. The molecule has 5 rings (SSSR count). The highest BCUT2D eigenvalue weighted by Gasteiger charge is 2.35. The van der Waals surface area contributed by atoms with E-state index in [1.807, 2.05) is 53.7 Å². The molecule has 41 heavy (non-hydrogen) atoms. The van der Waals surface area contributed by atoms with Gasteiger partial charge in [0.2, 0.25) is 17.1 Å². The van der Waals surface area contributed by atoms with E-state index in [9.17, 15) is 14.4 Å². The van der Waals surface area contributed by atoms with E-state index >= 15 is 0 Å². The van der Waals surface area contributed by atoms with Crippen LogP contribution >= 0.6 is 11.6 Å². The van der Waals surface area contributed by atoms with E-state index < -0.39 is 5.24 Å². The van der Waals surface area contributed by atoms with E-state index in [0.717, 1.165) is 54.2 Å². The lowest BCUT2D eigenvalue weighted by molar-refractivity contribution is -0.112. The fourth-order valence-corrected chi connectivity index (χ4v) is 4.99. The maximum atomic E-state index is 13.2. The molecule has 2 heterocycles. The Bertz CT molecular complexity index is 1430. The zero-order chi connectivity index (χ0) is 29.4. The standard InChI is InChI=1S/C28H29N5O3.C3H3ClO/c1-3-26(34)31-22-10-7-19-17-33(27(35)25(19)14-22)23-6-4-5-21(13-23)32-28-29-15-20(16-30-28)18-8-11-24(36-2)12-9-18;1-2-3(4)5/h3,7-12,14-16,21,23H,1,4-6,13,17H2,2H3,(H,31,34)(H,29,30,32);2H,1H2/t21-,23+;/m1./s1. The number of carbonyl (C=O) groups is 3. The van der Waals surface area contributed by atoms with Crippen molar-refractivity contribution in [2.75, 3.05) is 17.7 Å². The molecule has 0 bridgehead atoms. The lowest BCUT2D eigenvalue weighted by Crippen LogP contribution is -2.42. The van der Waals surface area contributed by atoms with Gasteiger partial charge in [0.05, 0.1) is 7.11 Å². The quantitative estimate of drug-likeness (QED) is 0.266. The van der Waals surface area contributed by atoms with Gasteiger partial charge in [-0.1, -0.05) is 31.4 Å². The van der Waals surface area contributed by atoms with Crippen molar-refractivity contribution < 1.29 is 19.1 Å². The van der Waals surface area contributed by atoms with Crippen molar-refractivity contribution >= 4 is 40.3 Å². The molecule has 0 saturated heterocycles. The summed E-state index contributed by atoms with van der Waals surface area (Å²) in [6.07, 6.45) is 9.73. The predicted molar refractivity (Wildman–Crippen MR) is 160 cm³/mol. The number of aromatic nitrogens is 2. The maximum absolute atomic E-state index is 13.2. The molecule has 10 heteroatoms. The van der Waals surface area contributed by atoms with Gasteiger partial charge in [0.15, 0.2) is 0 Å². The van der Waals surface area contributed by atoms with Crippen LogP contribution in [0.4, 0.5) is 11.6 Å². The third-order valence-electron chi connectivity index (χ3n) is 7.05. The van der Waals surface area contributed by atoms with Crippen molar-refractivity contribution in [1.29, 1.82) is 0 Å². The molecule has 0 unspecified atom stereocenters. The molecule has 2 aromatic carbocycles. The first kappa shape index (κ1) is 29.5. The summed E-state index contributed by atoms with van der Waals surface area (Å²) in [5.41, 5.74) is 4.22. The van der Waals surface area contributed by atoms with Crippen LogP contribution in [-0.2, 0) is 16.1 Å². The Balaban J connectivity index is 0.000000714. The van der Waals surface area contributed by atoms with Crippen LogP contribution in [0.5, 0.6) is 5.75 Å². The van der Waals surface area contributed by atoms with Gasteiger partial charge >= 0.3 is 0 Å². The summed E-state index contributed by atoms with van der Waals surface area (Å²) in [6, 6.07) is 13.6. The van der Waals surface area contributed by atoms with Crippen molar-refractivity contribution in [3.63, 3.8) is 0 Å². The molecule has 1 saturated carbocycles. The van der Waals surface area contributed by atoms with Gasteiger partial charge in [0.1, 0.15) is 5.75 Å². The molecule has 1 aliphatic carbocycles. The fraction of sp³-hybridized carbons (Fsp3) is 0.258. The van der Waals surface area contributed by atoms with Crippen LogP contribution in [0.2, 0.25) is 0 Å². The second-order valence-corrected chi connectivity index (χ2v) is 10.1. The monoisotopic (exact) mass is 573 g/mol. The number of benzene rings is 2. The number of halogens is 1. The zero-order valence-electron chi connectivity index (χ0n) is 22.8. The Morgan fingerprint density at radius 2 is 1.76 bits per heavy atom. The predicted octanol–water partition coefficient (Wildman–Crippen LogP) is 5.59. The fourth-order valence-electron chi connectivity index (χ4n) is 4.99. The largest absolute Gasteiger partial charge is 0.497 e. The van der Waals surface area contributed by atoms with Crippen molar-refractivity contribution in [2.45, 2.75) is 44.3 Å². The number of ether oxygens (including phenoxy) is 1. The van der Waals surface area contributed by atoms with E-state index in [1.54, 1.807) is 13.2 Å². The average Bonchev–Trinajstić information content (AvgIpc) is 3.33. The molecule has 2 atom stereocenters. The highest BCUT2D eigenvalue weighted by atomic mass is 35.5. The molecule has 2 N–H and O–H groups in total. The van der Waals surface area contributed by atoms with Gasteiger partial charge in [-0.2, -0.15) is 0 Å². The number of amides is 2. The number of nitrogens with zero attached hydrogens (tertiary/aromatic N) is 3. The first-order valence-electron chi connectivity index (χ1n) is 13.2. The van der Waals surface area contributed by atoms with Crippen LogP contribution in [0.15, 0.2) is 80.2 Å². The smallest absolute Gasteiger partial charge is 0.254 e. The summed E-state index contributed by atoms with van der Waals surface area (Å²) in [7, 11) is 1.65. The molecule has 212 valence electrons. The topological polar surface area (TPSA) is 114 Å². The minimum Gasteiger partial charge on any atom is -0.497 e. The second kappa shape index (κ2) is 13.7. The number of nitrogens with one attached hydrogen (secondary N) is 2. The summed E-state index contributed by atoms with van der Waals surface area (Å²) < 4.78 is 5.22. The van der Waals surface area contributed by atoms with Crippen LogP contribution < -0.4 is 15.4 Å². The molecule has 1 aliphatic heterocycles. The van der Waals surface area contributed by atoms with Crippen LogP contribution in [0.3, 0.4) is 0 Å². The molecule has 2 aliphatic rings. The van der Waals surface area contributed by atoms with Gasteiger partial charge in [0, 0.05) is 47.8 Å². The minimum atomic E-state index is -0.509. The van der Waals surface area contributed by atoms with Gasteiger partial charge in [-0.3, -0.25) is 14.4 Å². The van der Waals surface area contributed by atoms with Crippen LogP contribution in [0.25, 0.3) is 11.1 Å². The summed E-state index contributed by atoms with van der Waals surface area (Å²) in [5, 5.41) is 5.69. The van der Waals surface area contributed by atoms with Gasteiger partial charge < -0.3 is 20.3 Å². The van der Waals surface area contributed by atoms with E-state index in [-0.39, 0.29) is 23.9 Å². The molecule has 0 spiro atoms. The Kier molecular flexibility index (Phi) is 9.86. The van der Waals surface area contributed by atoms with Crippen molar-refractivity contribution in [3.8, 4) is 16.9 Å². The molecule has 9 nitrogen and oxygen atoms in total. The van der Waals surface area contributed by atoms with Crippen molar-refractivity contribution in [2.24, 2.45) is 0 Å². The molecular formula is C31H32ClN5O4. The van der Waals surface area contributed by atoms with Crippen LogP contribution in [-0.4, -0.2) is 51.1 Å². The summed E-state index contributed by atoms with van der Waals surface area (Å²) in [6.45, 7) is 7.14. The van der Waals surface area contributed by atoms with Crippen LogP contribution in [0, 0.1) is 0 Å². The Morgan fingerprint density at radius 3 is 2.39 bits per heavy atom. The van der Waals surface area contributed by atoms with Crippen molar-refractivity contribution in [1.82, 2.24) is 14.9 Å². The van der Waals surface area contributed by atoms with Gasteiger partial charge in [0.25, 0.3) is 5.91 Å². The molecular weight excluding hydrogens is 542 g/mol. The number of methoxy groups -OCH3 is 1. The average molecular weight is 574 g/mol. The number of carbonyl (C=O) groups excluding carboxylic acids is 3. The summed E-state index contributed by atoms with van der Waals surface area (Å²) in [5.74, 6) is 1.13. The summed E-state index contributed by atoms with van der Waals surface area (Å²) >= 11 is 4.71. The number of hydrogen-bond acceptors (Lipinski definition) is 7. The molecule has 3 aromatic rings. The first-order chi connectivity index (χ1) is 19.8. The summed E-state index contributed by atoms with van der Waals surface area (Å²) in [4.78, 5) is 45.3. The Hall–Kier alpha value is -4.50. The number of allylic oxidation sites excluding steroid dienone is 1. The molecule has 0 radical (unpaired) electrons. The number of fused-ring (bicyclic) bond motifs is 1. The van der Waals surface area contributed by atoms with Crippen LogP contribution in [0.1, 0.15) is 41.6 Å². The third-order valence-corrected chi connectivity index (χ3v) is 7.21. The number of anilines is 2. The molecule has 2 amide bonds. The van der Waals surface area contributed by atoms with Gasteiger partial charge in [-0.15, -0.1) is 0 Å². The molecule has 1 aromatic heterocycles. The zero-order valence-corrected chi connectivity index (χ0v) is 23.6. The van der Waals surface area contributed by atoms with E-state index in [0.29, 0.717) is 23.7 Å². The maximum Gasteiger partial charge on any atom is 0.254 e. The van der Waals surface area contributed by atoms with Gasteiger partial charge in [-0.05, 0) is 84.8 Å². The normalized spacial score (nSPS) is 17.4. The minimum absolute atomic E-state index is 0.0189. The van der Waals surface area contributed by atoms with E-state index in [1.165, 1.54) is 6.08 Å². The number of hydrogen-bond donors (Lipinski definition) is 2. The van der Waals surface area contributed by atoms with E-state index in [2.05, 4.69) is 33.8 Å². The highest BCUT2D eigenvalue weighted by molar-refractivity contribution is 6.66. The SMILES string of the molecule is C=CC(=O)Cl.C=CC(=O)Nc1ccc2c(c1)C(=O)N([C@H]1CCC[C@@H](Nc3ncc(-c4ccc(OC)cc4)cn3)C1)C2. The lowest BCUT2D eigenvalue weighted by Gasteiger charge is -2.35. The Labute approximate surface area is 244 Å². The van der Waals surface area contributed by atoms with Crippen molar-refractivity contribution in [3.05, 3.63) is 91.3 Å². The second-order valence-electron chi connectivity index (χ2n) is 9.69. The van der Waals surface area contributed by atoms with E-state index in [4.69, 9.17) is 16.3 Å². The lowest BCUT2D eigenvalue weighted by atomic mass is 9.90. The third kappa shape index (κ3) is 7.58. The first-order valence-corrected chi connectivity index (χ1v) is 13.6. The molecule has 1 fully saturated rings. The number of rotatable bonds is 8. The highest BCUT2D eigenvalue weighted by Crippen LogP contribution is 2.33. The van der Waals surface area contributed by atoms with Gasteiger partial charge in [-0.25, -0.2) is 9.97 Å².